The molecule has 0 aliphatic carbocycles. The summed E-state index contributed by atoms with van der Waals surface area (Å²) < 4.78 is 24.3. The molecule has 2 aromatic rings. The molecule has 0 saturated heterocycles. The van der Waals surface area contributed by atoms with Crippen molar-refractivity contribution in [1.29, 1.82) is 0 Å². The molecule has 0 bridgehead atoms. The average Bonchev–Trinajstić information content (AvgIpc) is 2.61. The van der Waals surface area contributed by atoms with Crippen LogP contribution in [-0.4, -0.2) is 44.2 Å². The smallest absolute Gasteiger partial charge is 0.238 e. The van der Waals surface area contributed by atoms with Crippen LogP contribution in [0.4, 0.5) is 10.1 Å². The van der Waals surface area contributed by atoms with Crippen LogP contribution in [-0.2, 0) is 4.79 Å². The Morgan fingerprint density at radius 3 is 2.35 bits per heavy atom. The van der Waals surface area contributed by atoms with Gasteiger partial charge < -0.3 is 14.8 Å². The van der Waals surface area contributed by atoms with E-state index in [0.29, 0.717) is 25.4 Å². The first-order valence-corrected chi connectivity index (χ1v) is 8.66. The Morgan fingerprint density at radius 1 is 1.08 bits per heavy atom. The minimum Gasteiger partial charge on any atom is -0.494 e. The van der Waals surface area contributed by atoms with Crippen LogP contribution in [0.1, 0.15) is 13.3 Å². The number of hydrogen-bond acceptors (Lipinski definition) is 4. The second-order valence-corrected chi connectivity index (χ2v) is 5.96. The molecule has 0 spiro atoms. The van der Waals surface area contributed by atoms with Crippen LogP contribution in [0.2, 0.25) is 0 Å². The van der Waals surface area contributed by atoms with Gasteiger partial charge in [0.2, 0.25) is 5.91 Å². The van der Waals surface area contributed by atoms with Crippen LogP contribution in [0, 0.1) is 5.82 Å². The van der Waals surface area contributed by atoms with Gasteiger partial charge in [0, 0.05) is 12.2 Å². The van der Waals surface area contributed by atoms with Crippen LogP contribution < -0.4 is 14.8 Å². The molecule has 0 radical (unpaired) electrons. The van der Waals surface area contributed by atoms with Crippen molar-refractivity contribution in [2.75, 3.05) is 38.7 Å². The monoisotopic (exact) mass is 360 g/mol. The summed E-state index contributed by atoms with van der Waals surface area (Å²) in [6.07, 6.45) is 0.970. The molecule has 6 heteroatoms. The number of benzene rings is 2. The molecule has 0 unspecified atom stereocenters. The molecule has 0 atom stereocenters. The molecular weight excluding hydrogens is 335 g/mol. The number of hydrogen-bond donors (Lipinski definition) is 1. The first-order valence-electron chi connectivity index (χ1n) is 8.66. The Labute approximate surface area is 153 Å². The minimum absolute atomic E-state index is 0.198. The van der Waals surface area contributed by atoms with E-state index in [1.807, 2.05) is 36.2 Å². The summed E-state index contributed by atoms with van der Waals surface area (Å²) in [4.78, 5) is 13.8. The van der Waals surface area contributed by atoms with E-state index in [2.05, 4.69) is 12.2 Å². The fourth-order valence-electron chi connectivity index (χ4n) is 2.26. The van der Waals surface area contributed by atoms with Gasteiger partial charge in [0.25, 0.3) is 0 Å². The fourth-order valence-corrected chi connectivity index (χ4v) is 2.26. The first-order chi connectivity index (χ1) is 12.6. The van der Waals surface area contributed by atoms with Gasteiger partial charge in [-0.05, 0) is 55.9 Å². The highest BCUT2D eigenvalue weighted by atomic mass is 19.1. The number of carbonyl (C=O) groups excluding carboxylic acids is 1. The molecular formula is C20H25FN2O3. The van der Waals surface area contributed by atoms with Crippen molar-refractivity contribution in [1.82, 2.24) is 4.90 Å². The third-order valence-corrected chi connectivity index (χ3v) is 3.56. The van der Waals surface area contributed by atoms with Gasteiger partial charge >= 0.3 is 0 Å². The average molecular weight is 360 g/mol. The predicted molar refractivity (Wildman–Crippen MR) is 100 cm³/mol. The summed E-state index contributed by atoms with van der Waals surface area (Å²) >= 11 is 0. The Morgan fingerprint density at radius 2 is 1.73 bits per heavy atom. The standard InChI is InChI=1S/C20H25FN2O3/c1-3-12-25-18-7-9-19(10-8-18)26-13-11-23(2)15-20(24)22-17-6-4-5-16(21)14-17/h4-10,14H,3,11-13,15H2,1-2H3,(H,22,24). The summed E-state index contributed by atoms with van der Waals surface area (Å²) in [5.41, 5.74) is 0.449. The molecule has 26 heavy (non-hydrogen) atoms. The summed E-state index contributed by atoms with van der Waals surface area (Å²) in [5.74, 6) is 1.00. The van der Waals surface area contributed by atoms with E-state index in [9.17, 15) is 9.18 Å². The van der Waals surface area contributed by atoms with Crippen LogP contribution in [0.15, 0.2) is 48.5 Å². The zero-order valence-electron chi connectivity index (χ0n) is 15.2. The lowest BCUT2D eigenvalue weighted by Gasteiger charge is -2.17. The molecule has 5 nitrogen and oxygen atoms in total. The maximum Gasteiger partial charge on any atom is 0.238 e. The van der Waals surface area contributed by atoms with Gasteiger partial charge in [0.15, 0.2) is 0 Å². The van der Waals surface area contributed by atoms with E-state index < -0.39 is 0 Å². The SMILES string of the molecule is CCCOc1ccc(OCCN(C)CC(=O)Nc2cccc(F)c2)cc1. The molecule has 0 heterocycles. The topological polar surface area (TPSA) is 50.8 Å². The zero-order chi connectivity index (χ0) is 18.8. The molecule has 2 rings (SSSR count). The van der Waals surface area contributed by atoms with E-state index in [-0.39, 0.29) is 18.3 Å². The van der Waals surface area contributed by atoms with Crippen molar-refractivity contribution in [2.24, 2.45) is 0 Å². The highest BCUT2D eigenvalue weighted by Crippen LogP contribution is 2.17. The van der Waals surface area contributed by atoms with Gasteiger partial charge in [-0.1, -0.05) is 13.0 Å². The minimum atomic E-state index is -0.379. The molecule has 1 amide bonds. The van der Waals surface area contributed by atoms with Crippen molar-refractivity contribution in [3.05, 3.63) is 54.3 Å². The lowest BCUT2D eigenvalue weighted by atomic mass is 10.3. The quantitative estimate of drug-likeness (QED) is 0.704. The first kappa shape index (κ1) is 19.7. The maximum absolute atomic E-state index is 13.1. The summed E-state index contributed by atoms with van der Waals surface area (Å²) in [6.45, 7) is 4.00. The zero-order valence-corrected chi connectivity index (χ0v) is 15.2. The predicted octanol–water partition coefficient (Wildman–Crippen LogP) is 3.56. The summed E-state index contributed by atoms with van der Waals surface area (Å²) in [5, 5.41) is 2.67. The molecule has 140 valence electrons. The number of nitrogens with one attached hydrogen (secondary N) is 1. The van der Waals surface area contributed by atoms with Gasteiger partial charge in [-0.3, -0.25) is 9.69 Å². The van der Waals surface area contributed by atoms with Crippen molar-refractivity contribution in [3.8, 4) is 11.5 Å². The number of nitrogens with zero attached hydrogens (tertiary/aromatic N) is 1. The van der Waals surface area contributed by atoms with E-state index in [4.69, 9.17) is 9.47 Å². The van der Waals surface area contributed by atoms with E-state index in [0.717, 1.165) is 17.9 Å². The van der Waals surface area contributed by atoms with Crippen molar-refractivity contribution < 1.29 is 18.7 Å². The number of likely N-dealkylation sites (N-methyl/N-ethyl adjacent to an activating group) is 1. The van der Waals surface area contributed by atoms with E-state index in [1.54, 1.807) is 12.1 Å². The second-order valence-electron chi connectivity index (χ2n) is 5.96. The van der Waals surface area contributed by atoms with Gasteiger partial charge in [0.1, 0.15) is 23.9 Å². The van der Waals surface area contributed by atoms with Crippen molar-refractivity contribution >= 4 is 11.6 Å². The van der Waals surface area contributed by atoms with Gasteiger partial charge in [0.05, 0.1) is 13.2 Å². The largest absolute Gasteiger partial charge is 0.494 e. The lowest BCUT2D eigenvalue weighted by Crippen LogP contribution is -2.33. The molecule has 0 aliphatic heterocycles. The number of ether oxygens (including phenoxy) is 2. The second kappa shape index (κ2) is 10.4. The fraction of sp³-hybridized carbons (Fsp3) is 0.350. The number of halogens is 1. The van der Waals surface area contributed by atoms with Gasteiger partial charge in [-0.2, -0.15) is 0 Å². The lowest BCUT2D eigenvalue weighted by molar-refractivity contribution is -0.117. The number of anilines is 1. The molecule has 0 fully saturated rings. The third kappa shape index (κ3) is 7.11. The molecule has 2 aromatic carbocycles. The number of amides is 1. The third-order valence-electron chi connectivity index (χ3n) is 3.56. The Kier molecular flexibility index (Phi) is 7.89. The Bertz CT molecular complexity index is 692. The van der Waals surface area contributed by atoms with E-state index >= 15 is 0 Å². The summed E-state index contributed by atoms with van der Waals surface area (Å²) in [6, 6.07) is 13.3. The van der Waals surface area contributed by atoms with Crippen LogP contribution in [0.25, 0.3) is 0 Å². The van der Waals surface area contributed by atoms with E-state index in [1.165, 1.54) is 12.1 Å². The maximum atomic E-state index is 13.1. The van der Waals surface area contributed by atoms with Gasteiger partial charge in [-0.25, -0.2) is 4.39 Å². The van der Waals surface area contributed by atoms with Gasteiger partial charge in [-0.15, -0.1) is 0 Å². The molecule has 1 N–H and O–H groups in total. The molecule has 0 saturated carbocycles. The molecule has 0 aliphatic rings. The van der Waals surface area contributed by atoms with Crippen LogP contribution in [0.3, 0.4) is 0 Å². The number of rotatable bonds is 10. The molecule has 0 aromatic heterocycles. The van der Waals surface area contributed by atoms with Crippen LogP contribution >= 0.6 is 0 Å². The van der Waals surface area contributed by atoms with Crippen molar-refractivity contribution in [2.45, 2.75) is 13.3 Å². The number of carbonyl (C=O) groups is 1. The van der Waals surface area contributed by atoms with Crippen LogP contribution in [0.5, 0.6) is 11.5 Å². The summed E-state index contributed by atoms with van der Waals surface area (Å²) in [7, 11) is 1.83. The van der Waals surface area contributed by atoms with Crippen molar-refractivity contribution in [3.63, 3.8) is 0 Å². The Hall–Kier alpha value is -2.60. The highest BCUT2D eigenvalue weighted by Gasteiger charge is 2.07. The highest BCUT2D eigenvalue weighted by molar-refractivity contribution is 5.92. The Balaban J connectivity index is 1.68. The normalized spacial score (nSPS) is 10.6.